The summed E-state index contributed by atoms with van der Waals surface area (Å²) in [6.45, 7) is 2.17. The number of methoxy groups -OCH3 is 1. The lowest BCUT2D eigenvalue weighted by molar-refractivity contribution is -0.135. The van der Waals surface area contributed by atoms with Crippen LogP contribution in [-0.2, 0) is 9.59 Å². The van der Waals surface area contributed by atoms with Crippen molar-refractivity contribution < 1.29 is 34.8 Å². The SMILES string of the molecule is CC(=O)O.CC(=O)O.COc1cc2cc3ccccc3c(O)c2cc1O. The summed E-state index contributed by atoms with van der Waals surface area (Å²) in [5.41, 5.74) is 0. The Balaban J connectivity index is 0.000000360. The molecule has 0 spiro atoms. The third kappa shape index (κ3) is 5.55. The van der Waals surface area contributed by atoms with E-state index >= 15 is 0 Å². The first kappa shape index (κ1) is 20.6. The van der Waals surface area contributed by atoms with Gasteiger partial charge in [0.05, 0.1) is 7.11 Å². The van der Waals surface area contributed by atoms with Crippen LogP contribution in [0.3, 0.4) is 0 Å². The Labute approximate surface area is 149 Å². The van der Waals surface area contributed by atoms with Crippen molar-refractivity contribution in [2.24, 2.45) is 0 Å². The first-order valence-electron chi connectivity index (χ1n) is 7.47. The van der Waals surface area contributed by atoms with Gasteiger partial charge in [0.1, 0.15) is 5.75 Å². The summed E-state index contributed by atoms with van der Waals surface area (Å²) in [7, 11) is 1.50. The summed E-state index contributed by atoms with van der Waals surface area (Å²) >= 11 is 0. The first-order chi connectivity index (χ1) is 12.2. The van der Waals surface area contributed by atoms with E-state index in [4.69, 9.17) is 24.5 Å². The van der Waals surface area contributed by atoms with Gasteiger partial charge in [0, 0.05) is 24.6 Å². The number of hydrogen-bond acceptors (Lipinski definition) is 5. The number of carboxylic acids is 2. The fraction of sp³-hybridized carbons (Fsp3) is 0.158. The van der Waals surface area contributed by atoms with Crippen molar-refractivity contribution >= 4 is 33.5 Å². The van der Waals surface area contributed by atoms with E-state index in [0.29, 0.717) is 11.1 Å². The second-order valence-corrected chi connectivity index (χ2v) is 5.23. The van der Waals surface area contributed by atoms with Gasteiger partial charge < -0.3 is 25.2 Å². The number of phenols is 2. The first-order valence-corrected chi connectivity index (χ1v) is 7.47. The average molecular weight is 360 g/mol. The zero-order chi connectivity index (χ0) is 19.9. The maximum atomic E-state index is 10.2. The Morgan fingerprint density at radius 1 is 0.846 bits per heavy atom. The highest BCUT2D eigenvalue weighted by Gasteiger charge is 2.10. The summed E-state index contributed by atoms with van der Waals surface area (Å²) in [4.78, 5) is 18.0. The number of carboxylic acid groups (broad SMARTS) is 2. The smallest absolute Gasteiger partial charge is 0.300 e. The molecule has 7 nitrogen and oxygen atoms in total. The van der Waals surface area contributed by atoms with E-state index in [1.54, 1.807) is 6.07 Å². The Morgan fingerprint density at radius 2 is 1.38 bits per heavy atom. The molecule has 7 heteroatoms. The Hall–Kier alpha value is -3.48. The largest absolute Gasteiger partial charge is 0.507 e. The van der Waals surface area contributed by atoms with E-state index in [2.05, 4.69) is 0 Å². The number of aromatic hydroxyl groups is 2. The van der Waals surface area contributed by atoms with Crippen molar-refractivity contribution in [1.29, 1.82) is 0 Å². The number of carbonyl (C=O) groups is 2. The molecular weight excluding hydrogens is 340 g/mol. The predicted octanol–water partition coefficient (Wildman–Crippen LogP) is 3.59. The molecule has 138 valence electrons. The number of rotatable bonds is 1. The minimum absolute atomic E-state index is 0.0237. The van der Waals surface area contributed by atoms with Gasteiger partial charge >= 0.3 is 0 Å². The molecule has 26 heavy (non-hydrogen) atoms. The van der Waals surface area contributed by atoms with Crippen molar-refractivity contribution in [3.63, 3.8) is 0 Å². The minimum atomic E-state index is -0.833. The quantitative estimate of drug-likeness (QED) is 0.489. The monoisotopic (exact) mass is 360 g/mol. The summed E-state index contributed by atoms with van der Waals surface area (Å²) < 4.78 is 5.07. The van der Waals surface area contributed by atoms with Gasteiger partial charge in [0.25, 0.3) is 11.9 Å². The molecule has 0 saturated carbocycles. The summed E-state index contributed by atoms with van der Waals surface area (Å²) in [5, 5.41) is 38.0. The molecule has 0 radical (unpaired) electrons. The molecule has 0 aliphatic carbocycles. The van der Waals surface area contributed by atoms with E-state index in [-0.39, 0.29) is 11.5 Å². The second-order valence-electron chi connectivity index (χ2n) is 5.23. The van der Waals surface area contributed by atoms with E-state index in [0.717, 1.165) is 30.0 Å². The zero-order valence-electron chi connectivity index (χ0n) is 14.6. The van der Waals surface area contributed by atoms with Gasteiger partial charge in [-0.25, -0.2) is 0 Å². The van der Waals surface area contributed by atoms with E-state index < -0.39 is 11.9 Å². The number of benzene rings is 3. The van der Waals surface area contributed by atoms with Crippen LogP contribution in [0.25, 0.3) is 21.5 Å². The molecule has 0 fully saturated rings. The second kappa shape index (κ2) is 9.12. The summed E-state index contributed by atoms with van der Waals surface area (Å²) in [6, 6.07) is 12.8. The van der Waals surface area contributed by atoms with Crippen LogP contribution in [0.1, 0.15) is 13.8 Å². The maximum Gasteiger partial charge on any atom is 0.300 e. The van der Waals surface area contributed by atoms with Crippen LogP contribution in [0.4, 0.5) is 0 Å². The molecule has 0 unspecified atom stereocenters. The van der Waals surface area contributed by atoms with Crippen LogP contribution < -0.4 is 4.74 Å². The highest BCUT2D eigenvalue weighted by Crippen LogP contribution is 2.39. The minimum Gasteiger partial charge on any atom is -0.507 e. The molecule has 0 bridgehead atoms. The van der Waals surface area contributed by atoms with Crippen molar-refractivity contribution in [2.75, 3.05) is 7.11 Å². The zero-order valence-corrected chi connectivity index (χ0v) is 14.6. The molecule has 0 aromatic heterocycles. The average Bonchev–Trinajstić information content (AvgIpc) is 2.54. The lowest BCUT2D eigenvalue weighted by atomic mass is 10.0. The fourth-order valence-corrected chi connectivity index (χ4v) is 2.22. The lowest BCUT2D eigenvalue weighted by Gasteiger charge is -2.09. The van der Waals surface area contributed by atoms with Crippen LogP contribution in [0.2, 0.25) is 0 Å². The van der Waals surface area contributed by atoms with Crippen LogP contribution >= 0.6 is 0 Å². The number of hydrogen-bond donors (Lipinski definition) is 4. The number of phenolic OH excluding ortho intramolecular Hbond substituents is 2. The Morgan fingerprint density at radius 3 is 1.92 bits per heavy atom. The molecule has 0 heterocycles. The van der Waals surface area contributed by atoms with Gasteiger partial charge in [0.2, 0.25) is 0 Å². The van der Waals surface area contributed by atoms with Crippen molar-refractivity contribution in [3.8, 4) is 17.2 Å². The molecule has 0 aliphatic rings. The number of aliphatic carboxylic acids is 2. The molecule has 4 N–H and O–H groups in total. The van der Waals surface area contributed by atoms with E-state index in [1.165, 1.54) is 13.2 Å². The van der Waals surface area contributed by atoms with E-state index in [9.17, 15) is 10.2 Å². The number of fused-ring (bicyclic) bond motifs is 2. The van der Waals surface area contributed by atoms with Gasteiger partial charge in [-0.2, -0.15) is 0 Å². The summed E-state index contributed by atoms with van der Waals surface area (Å²) in [5.74, 6) is -1.06. The van der Waals surface area contributed by atoms with Gasteiger partial charge in [-0.15, -0.1) is 0 Å². The van der Waals surface area contributed by atoms with Crippen molar-refractivity contribution in [3.05, 3.63) is 42.5 Å². The van der Waals surface area contributed by atoms with Crippen LogP contribution in [0, 0.1) is 0 Å². The van der Waals surface area contributed by atoms with Gasteiger partial charge in [-0.05, 0) is 29.0 Å². The van der Waals surface area contributed by atoms with E-state index in [1.807, 2.05) is 30.3 Å². The highest BCUT2D eigenvalue weighted by molar-refractivity contribution is 6.05. The lowest BCUT2D eigenvalue weighted by Crippen LogP contribution is -1.85. The molecule has 3 aromatic carbocycles. The Bertz CT molecular complexity index is 912. The van der Waals surface area contributed by atoms with Crippen LogP contribution in [0.15, 0.2) is 42.5 Å². The third-order valence-corrected chi connectivity index (χ3v) is 3.13. The maximum absolute atomic E-state index is 10.2. The molecule has 0 aliphatic heterocycles. The van der Waals surface area contributed by atoms with Gasteiger partial charge in [0.15, 0.2) is 11.5 Å². The third-order valence-electron chi connectivity index (χ3n) is 3.13. The van der Waals surface area contributed by atoms with Crippen molar-refractivity contribution in [2.45, 2.75) is 13.8 Å². The normalized spacial score (nSPS) is 9.50. The van der Waals surface area contributed by atoms with Gasteiger partial charge in [-0.3, -0.25) is 9.59 Å². The fourth-order valence-electron chi connectivity index (χ4n) is 2.22. The standard InChI is InChI=1S/C15H12O3.2C2H4O2/c1-18-14-7-10-6-9-4-2-3-5-11(9)15(17)12(10)8-13(14)16;2*1-2(3)4/h2-8,16-17H,1H3;2*1H3,(H,3,4). The topological polar surface area (TPSA) is 124 Å². The Kier molecular flexibility index (Phi) is 7.21. The molecule has 3 aromatic rings. The molecule has 0 saturated heterocycles. The van der Waals surface area contributed by atoms with Crippen LogP contribution in [-0.4, -0.2) is 39.5 Å². The predicted molar refractivity (Wildman–Crippen MR) is 98.0 cm³/mol. The molecule has 0 atom stereocenters. The number of ether oxygens (including phenoxy) is 1. The molecule has 0 amide bonds. The van der Waals surface area contributed by atoms with Crippen molar-refractivity contribution in [1.82, 2.24) is 0 Å². The summed E-state index contributed by atoms with van der Waals surface area (Å²) in [6.07, 6.45) is 0. The highest BCUT2D eigenvalue weighted by atomic mass is 16.5. The molecule has 3 rings (SSSR count). The molecular formula is C19H20O7. The van der Waals surface area contributed by atoms with Crippen LogP contribution in [0.5, 0.6) is 17.2 Å². The van der Waals surface area contributed by atoms with Gasteiger partial charge in [-0.1, -0.05) is 24.3 Å².